The van der Waals surface area contributed by atoms with Gasteiger partial charge in [-0.25, -0.2) is 0 Å². The number of benzene rings is 1. The van der Waals surface area contributed by atoms with Crippen molar-refractivity contribution in [2.24, 2.45) is 5.92 Å². The number of piperidine rings is 1. The third-order valence-electron chi connectivity index (χ3n) is 4.19. The number of ether oxygens (including phenoxy) is 1. The summed E-state index contributed by atoms with van der Waals surface area (Å²) in [5.41, 5.74) is 2.10. The third-order valence-corrected chi connectivity index (χ3v) is 4.41. The molecule has 1 aromatic rings. The van der Waals surface area contributed by atoms with Gasteiger partial charge in [0.05, 0.1) is 6.61 Å². The maximum Gasteiger partial charge on any atom is 0.137 e. The molecule has 0 aromatic heterocycles. The first-order chi connectivity index (χ1) is 9.72. The molecule has 2 heterocycles. The highest BCUT2D eigenvalue weighted by Gasteiger charge is 2.21. The maximum absolute atomic E-state index is 12.3. The maximum atomic E-state index is 12.3. The molecular weight excluding hydrogens is 274 g/mol. The Morgan fingerprint density at radius 1 is 1.35 bits per heavy atom. The normalized spacial score (nSPS) is 18.6. The van der Waals surface area contributed by atoms with Crippen LogP contribution in [0.25, 0.3) is 0 Å². The van der Waals surface area contributed by atoms with E-state index < -0.39 is 0 Å². The van der Waals surface area contributed by atoms with Gasteiger partial charge in [-0.1, -0.05) is 11.6 Å². The lowest BCUT2D eigenvalue weighted by atomic mass is 9.90. The quantitative estimate of drug-likeness (QED) is 0.928. The van der Waals surface area contributed by atoms with Crippen LogP contribution in [0.1, 0.15) is 30.4 Å². The van der Waals surface area contributed by atoms with Crippen molar-refractivity contribution >= 4 is 17.4 Å². The average molecular weight is 294 g/mol. The molecule has 3 rings (SSSR count). The minimum Gasteiger partial charge on any atom is -0.493 e. The van der Waals surface area contributed by atoms with E-state index in [1.54, 1.807) is 0 Å². The Bertz CT molecular complexity index is 509. The van der Waals surface area contributed by atoms with Crippen molar-refractivity contribution in [3.8, 4) is 5.75 Å². The molecule has 2 aliphatic rings. The van der Waals surface area contributed by atoms with Crippen molar-refractivity contribution in [2.45, 2.75) is 32.1 Å². The number of carbonyl (C=O) groups is 1. The Kier molecular flexibility index (Phi) is 4.27. The van der Waals surface area contributed by atoms with E-state index in [1.807, 2.05) is 12.1 Å². The summed E-state index contributed by atoms with van der Waals surface area (Å²) in [4.78, 5) is 12.3. The molecule has 0 unspecified atom stereocenters. The molecule has 0 atom stereocenters. The number of halogens is 1. The van der Waals surface area contributed by atoms with Gasteiger partial charge in [-0.05, 0) is 49.5 Å². The zero-order chi connectivity index (χ0) is 13.9. The van der Waals surface area contributed by atoms with Gasteiger partial charge in [0.15, 0.2) is 0 Å². The molecule has 0 saturated carbocycles. The number of hydrogen-bond acceptors (Lipinski definition) is 3. The Balaban J connectivity index is 1.66. The van der Waals surface area contributed by atoms with Gasteiger partial charge in [0.1, 0.15) is 11.5 Å². The van der Waals surface area contributed by atoms with Crippen LogP contribution in [0.4, 0.5) is 0 Å². The number of rotatable bonds is 4. The van der Waals surface area contributed by atoms with Crippen molar-refractivity contribution < 1.29 is 9.53 Å². The molecule has 2 aliphatic heterocycles. The topological polar surface area (TPSA) is 38.3 Å². The summed E-state index contributed by atoms with van der Waals surface area (Å²) in [5, 5.41) is 4.04. The summed E-state index contributed by atoms with van der Waals surface area (Å²) in [5.74, 6) is 1.74. The largest absolute Gasteiger partial charge is 0.493 e. The van der Waals surface area contributed by atoms with Gasteiger partial charge in [-0.15, -0.1) is 0 Å². The molecule has 1 aromatic carbocycles. The molecule has 4 heteroatoms. The number of Topliss-reactive ketones (excluding diaryl/α,β-unsaturated/α-hetero) is 1. The Morgan fingerprint density at radius 3 is 2.95 bits per heavy atom. The van der Waals surface area contributed by atoms with Crippen LogP contribution in [0.2, 0.25) is 5.02 Å². The van der Waals surface area contributed by atoms with E-state index in [4.69, 9.17) is 16.3 Å². The van der Waals surface area contributed by atoms with E-state index in [1.165, 1.54) is 0 Å². The standard InChI is InChI=1S/C16H20ClNO2/c17-14-8-12-3-6-20-16(12)13(9-14)10-15(19)7-11-1-4-18-5-2-11/h8-9,11,18H,1-7,10H2. The molecule has 0 bridgehead atoms. The number of ketones is 1. The third kappa shape index (κ3) is 3.15. The lowest BCUT2D eigenvalue weighted by molar-refractivity contribution is -0.119. The SMILES string of the molecule is O=C(Cc1cc(Cl)cc2c1OCC2)CC1CCNCC1. The predicted molar refractivity (Wildman–Crippen MR) is 79.6 cm³/mol. The lowest BCUT2D eigenvalue weighted by Gasteiger charge is -2.21. The summed E-state index contributed by atoms with van der Waals surface area (Å²) in [6.07, 6.45) is 4.24. The van der Waals surface area contributed by atoms with Gasteiger partial charge in [0, 0.05) is 29.8 Å². The van der Waals surface area contributed by atoms with Crippen LogP contribution in [0.15, 0.2) is 12.1 Å². The van der Waals surface area contributed by atoms with E-state index in [9.17, 15) is 4.79 Å². The highest BCUT2D eigenvalue weighted by atomic mass is 35.5. The van der Waals surface area contributed by atoms with Crippen LogP contribution >= 0.6 is 11.6 Å². The fourth-order valence-corrected chi connectivity index (χ4v) is 3.43. The van der Waals surface area contributed by atoms with Crippen molar-refractivity contribution in [1.82, 2.24) is 5.32 Å². The average Bonchev–Trinajstić information content (AvgIpc) is 2.88. The molecule has 1 saturated heterocycles. The van der Waals surface area contributed by atoms with Crippen molar-refractivity contribution in [2.75, 3.05) is 19.7 Å². The van der Waals surface area contributed by atoms with Crippen molar-refractivity contribution in [1.29, 1.82) is 0 Å². The van der Waals surface area contributed by atoms with Crippen LogP contribution < -0.4 is 10.1 Å². The summed E-state index contributed by atoms with van der Waals surface area (Å²) in [6.45, 7) is 2.77. The second-order valence-corrected chi connectivity index (χ2v) is 6.20. The molecule has 20 heavy (non-hydrogen) atoms. The monoisotopic (exact) mass is 293 g/mol. The Morgan fingerprint density at radius 2 is 2.15 bits per heavy atom. The first-order valence-corrected chi connectivity index (χ1v) is 7.76. The van der Waals surface area contributed by atoms with E-state index >= 15 is 0 Å². The summed E-state index contributed by atoms with van der Waals surface area (Å²) in [6, 6.07) is 3.83. The number of fused-ring (bicyclic) bond motifs is 1. The zero-order valence-electron chi connectivity index (χ0n) is 11.6. The van der Waals surface area contributed by atoms with Crippen LogP contribution in [0.5, 0.6) is 5.75 Å². The van der Waals surface area contributed by atoms with E-state index in [2.05, 4.69) is 5.32 Å². The van der Waals surface area contributed by atoms with Crippen LogP contribution in [0.3, 0.4) is 0 Å². The minimum absolute atomic E-state index is 0.303. The predicted octanol–water partition coefficient (Wildman–Crippen LogP) is 2.78. The van der Waals surface area contributed by atoms with Crippen LogP contribution in [-0.4, -0.2) is 25.5 Å². The summed E-state index contributed by atoms with van der Waals surface area (Å²) >= 11 is 6.13. The highest BCUT2D eigenvalue weighted by Crippen LogP contribution is 2.33. The fraction of sp³-hybridized carbons (Fsp3) is 0.562. The molecule has 0 aliphatic carbocycles. The van der Waals surface area contributed by atoms with Gasteiger partial charge >= 0.3 is 0 Å². The van der Waals surface area contributed by atoms with Crippen molar-refractivity contribution in [3.05, 3.63) is 28.3 Å². The highest BCUT2D eigenvalue weighted by molar-refractivity contribution is 6.30. The fourth-order valence-electron chi connectivity index (χ4n) is 3.17. The molecule has 3 nitrogen and oxygen atoms in total. The molecule has 0 spiro atoms. The smallest absolute Gasteiger partial charge is 0.137 e. The lowest BCUT2D eigenvalue weighted by Crippen LogP contribution is -2.29. The van der Waals surface area contributed by atoms with E-state index in [0.29, 0.717) is 36.2 Å². The molecular formula is C16H20ClNO2. The second kappa shape index (κ2) is 6.15. The molecule has 1 N–H and O–H groups in total. The second-order valence-electron chi connectivity index (χ2n) is 5.76. The first kappa shape index (κ1) is 13.9. The summed E-state index contributed by atoms with van der Waals surface area (Å²) in [7, 11) is 0. The summed E-state index contributed by atoms with van der Waals surface area (Å²) < 4.78 is 5.65. The van der Waals surface area contributed by atoms with Gasteiger partial charge in [0.2, 0.25) is 0 Å². The van der Waals surface area contributed by atoms with Crippen LogP contribution in [0, 0.1) is 5.92 Å². The van der Waals surface area contributed by atoms with Crippen molar-refractivity contribution in [3.63, 3.8) is 0 Å². The minimum atomic E-state index is 0.303. The van der Waals surface area contributed by atoms with Gasteiger partial charge in [-0.2, -0.15) is 0 Å². The molecule has 0 amide bonds. The van der Waals surface area contributed by atoms with Crippen LogP contribution in [-0.2, 0) is 17.6 Å². The first-order valence-electron chi connectivity index (χ1n) is 7.39. The van der Waals surface area contributed by atoms with E-state index in [0.717, 1.165) is 49.2 Å². The van der Waals surface area contributed by atoms with Gasteiger partial charge in [0.25, 0.3) is 0 Å². The molecule has 1 fully saturated rings. The Labute approximate surface area is 124 Å². The number of carbonyl (C=O) groups excluding carboxylic acids is 1. The number of nitrogens with one attached hydrogen (secondary N) is 1. The Hall–Kier alpha value is -1.06. The number of hydrogen-bond donors (Lipinski definition) is 1. The molecule has 0 radical (unpaired) electrons. The molecule has 108 valence electrons. The van der Waals surface area contributed by atoms with Gasteiger partial charge < -0.3 is 10.1 Å². The van der Waals surface area contributed by atoms with Gasteiger partial charge in [-0.3, -0.25) is 4.79 Å². The van der Waals surface area contributed by atoms with E-state index in [-0.39, 0.29) is 0 Å². The zero-order valence-corrected chi connectivity index (χ0v) is 12.3.